The molecule has 5 rings (SSSR count). The smallest absolute Gasteiger partial charge is 0.266 e. The summed E-state index contributed by atoms with van der Waals surface area (Å²) in [5, 5.41) is 17.2. The lowest BCUT2D eigenvalue weighted by atomic mass is 9.95. The zero-order valence-corrected chi connectivity index (χ0v) is 16.7. The minimum Gasteiger partial charge on any atom is -0.350 e. The molecule has 2 aliphatic rings. The van der Waals surface area contributed by atoms with E-state index in [1.165, 1.54) is 0 Å². The molecule has 1 saturated heterocycles. The molecule has 0 spiro atoms. The van der Waals surface area contributed by atoms with E-state index in [1.54, 1.807) is 15.8 Å². The summed E-state index contributed by atoms with van der Waals surface area (Å²) in [7, 11) is 0. The topological polar surface area (TPSA) is 90.4 Å². The highest BCUT2D eigenvalue weighted by Gasteiger charge is 2.40. The average molecular weight is 403 g/mol. The first-order valence-electron chi connectivity index (χ1n) is 9.85. The molecule has 29 heavy (non-hydrogen) atoms. The van der Waals surface area contributed by atoms with Crippen LogP contribution in [-0.4, -0.2) is 59.0 Å². The quantitative estimate of drug-likeness (QED) is 0.660. The van der Waals surface area contributed by atoms with Crippen molar-refractivity contribution in [3.63, 3.8) is 0 Å². The summed E-state index contributed by atoms with van der Waals surface area (Å²) in [6.07, 6.45) is 3.62. The third-order valence-electron chi connectivity index (χ3n) is 5.36. The summed E-state index contributed by atoms with van der Waals surface area (Å²) in [5.74, 6) is -0.881. The van der Waals surface area contributed by atoms with Crippen molar-refractivity contribution in [1.82, 2.24) is 40.0 Å². The van der Waals surface area contributed by atoms with E-state index >= 15 is 0 Å². The first kappa shape index (κ1) is 18.3. The molecule has 0 radical (unpaired) electrons. The molecule has 0 unspecified atom stereocenters. The molecule has 1 aliphatic carbocycles. The highest BCUT2D eigenvalue weighted by Crippen LogP contribution is 2.36. The van der Waals surface area contributed by atoms with Crippen LogP contribution in [-0.2, 0) is 12.0 Å². The molecule has 154 valence electrons. The fraction of sp³-hybridized carbons (Fsp3) is 0.667. The van der Waals surface area contributed by atoms with E-state index in [9.17, 15) is 8.78 Å². The van der Waals surface area contributed by atoms with Crippen molar-refractivity contribution in [3.05, 3.63) is 17.8 Å². The molecule has 0 aromatic carbocycles. The lowest BCUT2D eigenvalue weighted by Gasteiger charge is -2.22. The molecule has 0 bridgehead atoms. The fourth-order valence-electron chi connectivity index (χ4n) is 3.60. The van der Waals surface area contributed by atoms with E-state index < -0.39 is 5.92 Å². The van der Waals surface area contributed by atoms with Crippen LogP contribution >= 0.6 is 0 Å². The van der Waals surface area contributed by atoms with Gasteiger partial charge in [0.25, 0.3) is 5.92 Å². The Morgan fingerprint density at radius 2 is 2.00 bits per heavy atom. The van der Waals surface area contributed by atoms with Gasteiger partial charge in [-0.25, -0.2) is 28.1 Å². The van der Waals surface area contributed by atoms with E-state index in [1.807, 2.05) is 25.5 Å². The van der Waals surface area contributed by atoms with Crippen molar-refractivity contribution in [2.24, 2.45) is 0 Å². The Labute approximate surface area is 166 Å². The van der Waals surface area contributed by atoms with Gasteiger partial charge in [-0.3, -0.25) is 0 Å². The normalized spacial score (nSPS) is 19.4. The van der Waals surface area contributed by atoms with Crippen LogP contribution < -0.4 is 4.90 Å². The van der Waals surface area contributed by atoms with E-state index in [2.05, 4.69) is 25.6 Å². The number of tetrazole rings is 1. The molecule has 3 aromatic heterocycles. The van der Waals surface area contributed by atoms with Crippen LogP contribution in [0, 0.1) is 0 Å². The van der Waals surface area contributed by atoms with Crippen molar-refractivity contribution >= 4 is 16.9 Å². The summed E-state index contributed by atoms with van der Waals surface area (Å²) in [6.45, 7) is 6.30. The van der Waals surface area contributed by atoms with Gasteiger partial charge in [0.15, 0.2) is 11.5 Å². The van der Waals surface area contributed by atoms with Crippen molar-refractivity contribution < 1.29 is 8.78 Å². The van der Waals surface area contributed by atoms with Crippen molar-refractivity contribution in [2.75, 3.05) is 18.0 Å². The second kappa shape index (κ2) is 6.14. The molecule has 1 aliphatic heterocycles. The van der Waals surface area contributed by atoms with E-state index in [0.717, 1.165) is 12.8 Å². The second-order valence-corrected chi connectivity index (χ2v) is 8.96. The largest absolute Gasteiger partial charge is 0.350 e. The zero-order chi connectivity index (χ0) is 20.4. The van der Waals surface area contributed by atoms with Gasteiger partial charge in [0.1, 0.15) is 18.2 Å². The molecule has 1 saturated carbocycles. The summed E-state index contributed by atoms with van der Waals surface area (Å²) < 4.78 is 31.3. The van der Waals surface area contributed by atoms with Gasteiger partial charge in [-0.15, -0.1) is 5.10 Å². The number of anilines is 1. The van der Waals surface area contributed by atoms with Crippen molar-refractivity contribution in [3.8, 4) is 0 Å². The number of rotatable bonds is 4. The second-order valence-electron chi connectivity index (χ2n) is 8.96. The Kier molecular flexibility index (Phi) is 3.88. The van der Waals surface area contributed by atoms with Gasteiger partial charge < -0.3 is 4.90 Å². The molecule has 3 aromatic rings. The fourth-order valence-corrected chi connectivity index (χ4v) is 3.60. The minimum atomic E-state index is -2.71. The molecule has 0 N–H and O–H groups in total. The van der Waals surface area contributed by atoms with Crippen LogP contribution in [0.15, 0.2) is 6.20 Å². The Bertz CT molecular complexity index is 1060. The van der Waals surface area contributed by atoms with Crippen LogP contribution in [0.25, 0.3) is 11.0 Å². The highest BCUT2D eigenvalue weighted by molar-refractivity contribution is 5.87. The van der Waals surface area contributed by atoms with Gasteiger partial charge in [0.2, 0.25) is 0 Å². The molecule has 0 amide bonds. The number of halogens is 2. The van der Waals surface area contributed by atoms with E-state index in [0.29, 0.717) is 41.1 Å². The Hall–Kier alpha value is -2.72. The van der Waals surface area contributed by atoms with Gasteiger partial charge in [0, 0.05) is 18.4 Å². The number of hydrogen-bond donors (Lipinski definition) is 0. The molecular formula is C18H23F2N9. The average Bonchev–Trinajstić information content (AvgIpc) is 3.07. The molecular weight excluding hydrogens is 380 g/mol. The predicted octanol–water partition coefficient (Wildman–Crippen LogP) is 2.34. The number of aromatic nitrogens is 8. The van der Waals surface area contributed by atoms with Crippen LogP contribution in [0.2, 0.25) is 0 Å². The maximum Gasteiger partial charge on any atom is 0.266 e. The third kappa shape index (κ3) is 3.32. The highest BCUT2D eigenvalue weighted by atomic mass is 19.3. The number of hydrogen-bond acceptors (Lipinski definition) is 7. The molecule has 0 atom stereocenters. The lowest BCUT2D eigenvalue weighted by Crippen LogP contribution is -2.27. The number of nitrogens with zero attached hydrogens (tertiary/aromatic N) is 9. The van der Waals surface area contributed by atoms with Crippen molar-refractivity contribution in [1.29, 1.82) is 0 Å². The van der Waals surface area contributed by atoms with Crippen molar-refractivity contribution in [2.45, 2.75) is 64.0 Å². The van der Waals surface area contributed by atoms with E-state index in [4.69, 9.17) is 4.98 Å². The first-order chi connectivity index (χ1) is 13.7. The van der Waals surface area contributed by atoms with Crippen LogP contribution in [0.3, 0.4) is 0 Å². The van der Waals surface area contributed by atoms with Crippen LogP contribution in [0.4, 0.5) is 14.6 Å². The molecule has 11 heteroatoms. The van der Waals surface area contributed by atoms with Gasteiger partial charge in [-0.1, -0.05) is 20.8 Å². The maximum absolute atomic E-state index is 13.9. The van der Waals surface area contributed by atoms with Gasteiger partial charge in [-0.05, 0) is 23.3 Å². The van der Waals surface area contributed by atoms with Gasteiger partial charge in [-0.2, -0.15) is 5.10 Å². The SMILES string of the molecule is CC(C)(C)c1nc(N2CCC(F)(F)C2)c2cnn(Cc3nnnn3C3CC3)c2n1. The number of alkyl halides is 2. The van der Waals surface area contributed by atoms with Gasteiger partial charge in [0.05, 0.1) is 24.2 Å². The summed E-state index contributed by atoms with van der Waals surface area (Å²) in [6, 6.07) is 0.351. The summed E-state index contributed by atoms with van der Waals surface area (Å²) in [4.78, 5) is 11.0. The summed E-state index contributed by atoms with van der Waals surface area (Å²) >= 11 is 0. The molecule has 9 nitrogen and oxygen atoms in total. The van der Waals surface area contributed by atoms with E-state index in [-0.39, 0.29) is 24.9 Å². The molecule has 4 heterocycles. The third-order valence-corrected chi connectivity index (χ3v) is 5.36. The Morgan fingerprint density at radius 1 is 1.21 bits per heavy atom. The Morgan fingerprint density at radius 3 is 2.66 bits per heavy atom. The first-order valence-corrected chi connectivity index (χ1v) is 9.85. The van der Waals surface area contributed by atoms with Gasteiger partial charge >= 0.3 is 0 Å². The Balaban J connectivity index is 1.59. The maximum atomic E-state index is 13.9. The van der Waals surface area contributed by atoms with Crippen LogP contribution in [0.1, 0.15) is 57.7 Å². The predicted molar refractivity (Wildman–Crippen MR) is 101 cm³/mol. The standard InChI is InChI=1S/C18H23F2N9/c1-17(2,3)16-22-14(27-7-6-18(19,20)10-27)12-8-21-28(15(12)23-16)9-13-24-25-26-29(13)11-4-5-11/h8,11H,4-7,9-10H2,1-3H3. The lowest BCUT2D eigenvalue weighted by molar-refractivity contribution is 0.0257. The molecule has 2 fully saturated rings. The zero-order valence-electron chi connectivity index (χ0n) is 16.7. The minimum absolute atomic E-state index is 0.173. The monoisotopic (exact) mass is 403 g/mol. The van der Waals surface area contributed by atoms with Crippen LogP contribution in [0.5, 0.6) is 0 Å². The number of fused-ring (bicyclic) bond motifs is 1. The summed E-state index contributed by atoms with van der Waals surface area (Å²) in [5.41, 5.74) is 0.274.